The van der Waals surface area contributed by atoms with E-state index in [4.69, 9.17) is 14.2 Å². The topological polar surface area (TPSA) is 78.0 Å². The van der Waals surface area contributed by atoms with Gasteiger partial charge in [-0.05, 0) is 40.5 Å². The van der Waals surface area contributed by atoms with E-state index >= 15 is 0 Å². The first-order valence-corrected chi connectivity index (χ1v) is 10.9. The summed E-state index contributed by atoms with van der Waals surface area (Å²) in [5.74, 6) is 1.54. The Kier molecular flexibility index (Phi) is 5.25. The molecule has 7 nitrogen and oxygen atoms in total. The van der Waals surface area contributed by atoms with Gasteiger partial charge in [0.05, 0.1) is 24.7 Å². The minimum atomic E-state index is -3.63. The number of halogens is 1. The molecule has 1 unspecified atom stereocenters. The molecule has 1 aromatic carbocycles. The van der Waals surface area contributed by atoms with Gasteiger partial charge in [0.25, 0.3) is 0 Å². The van der Waals surface area contributed by atoms with E-state index in [1.165, 1.54) is 4.31 Å². The van der Waals surface area contributed by atoms with Crippen LogP contribution >= 0.6 is 15.9 Å². The predicted molar refractivity (Wildman–Crippen MR) is 102 cm³/mol. The molecule has 2 aromatic rings. The highest BCUT2D eigenvalue weighted by molar-refractivity contribution is 9.10. The van der Waals surface area contributed by atoms with Crippen molar-refractivity contribution < 1.29 is 22.6 Å². The van der Waals surface area contributed by atoms with Gasteiger partial charge in [-0.25, -0.2) is 13.4 Å². The van der Waals surface area contributed by atoms with E-state index in [1.807, 2.05) is 6.07 Å². The van der Waals surface area contributed by atoms with Gasteiger partial charge in [-0.3, -0.25) is 0 Å². The Hall–Kier alpha value is -1.84. The zero-order valence-corrected chi connectivity index (χ0v) is 16.9. The highest BCUT2D eigenvalue weighted by atomic mass is 79.9. The minimum absolute atomic E-state index is 0.203. The van der Waals surface area contributed by atoms with Crippen LogP contribution in [0.15, 0.2) is 45.9 Å². The molecule has 2 aliphatic heterocycles. The molecule has 1 saturated heterocycles. The van der Waals surface area contributed by atoms with Gasteiger partial charge < -0.3 is 14.2 Å². The average Bonchev–Trinajstić information content (AvgIpc) is 3.01. The van der Waals surface area contributed by atoms with Crippen LogP contribution in [0.3, 0.4) is 0 Å². The molecule has 9 heteroatoms. The van der Waals surface area contributed by atoms with Crippen molar-refractivity contribution in [2.24, 2.45) is 0 Å². The van der Waals surface area contributed by atoms with Crippen molar-refractivity contribution in [1.82, 2.24) is 9.29 Å². The number of rotatable bonds is 4. The number of ether oxygens (including phenoxy) is 3. The molecule has 0 radical (unpaired) electrons. The number of sulfonamides is 1. The summed E-state index contributed by atoms with van der Waals surface area (Å²) in [6.45, 7) is 1.76. The lowest BCUT2D eigenvalue weighted by Gasteiger charge is -2.18. The Morgan fingerprint density at radius 3 is 2.74 bits per heavy atom. The fourth-order valence-corrected chi connectivity index (χ4v) is 4.80. The van der Waals surface area contributed by atoms with Gasteiger partial charge >= 0.3 is 0 Å². The lowest BCUT2D eigenvalue weighted by molar-refractivity contribution is 0.207. The highest BCUT2D eigenvalue weighted by Gasteiger charge is 2.34. The monoisotopic (exact) mass is 454 g/mol. The van der Waals surface area contributed by atoms with E-state index in [2.05, 4.69) is 20.9 Å². The summed E-state index contributed by atoms with van der Waals surface area (Å²) in [5, 5.41) is 0. The third-order valence-electron chi connectivity index (χ3n) is 4.45. The second-order valence-electron chi connectivity index (χ2n) is 6.37. The highest BCUT2D eigenvalue weighted by Crippen LogP contribution is 2.33. The van der Waals surface area contributed by atoms with Gasteiger partial charge in [0.15, 0.2) is 11.5 Å². The first kappa shape index (κ1) is 18.5. The van der Waals surface area contributed by atoms with E-state index in [1.54, 1.807) is 30.5 Å². The van der Waals surface area contributed by atoms with E-state index in [0.29, 0.717) is 43.6 Å². The summed E-state index contributed by atoms with van der Waals surface area (Å²) in [7, 11) is -3.63. The van der Waals surface area contributed by atoms with Crippen LogP contribution in [0.4, 0.5) is 0 Å². The van der Waals surface area contributed by atoms with Crippen LogP contribution < -0.4 is 14.2 Å². The molecule has 0 N–H and O–H groups in total. The van der Waals surface area contributed by atoms with Crippen LogP contribution in [-0.2, 0) is 10.0 Å². The summed E-state index contributed by atoms with van der Waals surface area (Å²) >= 11 is 3.33. The van der Waals surface area contributed by atoms with Crippen LogP contribution in [-0.4, -0.2) is 50.1 Å². The molecular weight excluding hydrogens is 436 g/mol. The maximum absolute atomic E-state index is 13.0. The standard InChI is InChI=1S/C18H19BrN2O5S/c19-13-2-5-18(20-11-13)26-14-6-7-21(12-14)27(22,23)15-3-4-16-17(10-15)25-9-1-8-24-16/h2-5,10-11,14H,1,6-9,12H2. The fourth-order valence-electron chi connectivity index (χ4n) is 3.07. The van der Waals surface area contributed by atoms with Gasteiger partial charge in [-0.2, -0.15) is 4.31 Å². The number of aromatic nitrogens is 1. The number of nitrogens with zero attached hydrogens (tertiary/aromatic N) is 2. The van der Waals surface area contributed by atoms with E-state index < -0.39 is 10.0 Å². The van der Waals surface area contributed by atoms with Crippen LogP contribution in [0.25, 0.3) is 0 Å². The fraction of sp³-hybridized carbons (Fsp3) is 0.389. The molecule has 0 amide bonds. The molecule has 1 fully saturated rings. The normalized spacial score (nSPS) is 20.3. The minimum Gasteiger partial charge on any atom is -0.490 e. The van der Waals surface area contributed by atoms with Gasteiger partial charge in [0, 0.05) is 35.8 Å². The molecular formula is C18H19BrN2O5S. The van der Waals surface area contributed by atoms with Crippen molar-refractivity contribution in [1.29, 1.82) is 0 Å². The molecule has 3 heterocycles. The van der Waals surface area contributed by atoms with Crippen LogP contribution in [0, 0.1) is 0 Å². The molecule has 1 atom stereocenters. The molecule has 2 aliphatic rings. The van der Waals surface area contributed by atoms with E-state index in [0.717, 1.165) is 10.9 Å². The number of pyridine rings is 1. The molecule has 0 saturated carbocycles. The van der Waals surface area contributed by atoms with Crippen molar-refractivity contribution in [3.05, 3.63) is 41.0 Å². The Balaban J connectivity index is 1.48. The van der Waals surface area contributed by atoms with Gasteiger partial charge in [0.2, 0.25) is 15.9 Å². The quantitative estimate of drug-likeness (QED) is 0.706. The Labute approximate surface area is 166 Å². The third-order valence-corrected chi connectivity index (χ3v) is 6.78. The second kappa shape index (κ2) is 7.65. The lowest BCUT2D eigenvalue weighted by Crippen LogP contribution is -2.31. The van der Waals surface area contributed by atoms with Gasteiger partial charge in [0.1, 0.15) is 6.10 Å². The maximum atomic E-state index is 13.0. The Morgan fingerprint density at radius 2 is 1.96 bits per heavy atom. The smallest absolute Gasteiger partial charge is 0.243 e. The van der Waals surface area contributed by atoms with Crippen molar-refractivity contribution in [2.45, 2.75) is 23.8 Å². The van der Waals surface area contributed by atoms with Gasteiger partial charge in [-0.1, -0.05) is 0 Å². The summed E-state index contributed by atoms with van der Waals surface area (Å²) < 4.78 is 45.3. The largest absolute Gasteiger partial charge is 0.490 e. The first-order chi connectivity index (χ1) is 13.0. The average molecular weight is 455 g/mol. The van der Waals surface area contributed by atoms with Crippen molar-refractivity contribution in [2.75, 3.05) is 26.3 Å². The van der Waals surface area contributed by atoms with Crippen LogP contribution in [0.1, 0.15) is 12.8 Å². The first-order valence-electron chi connectivity index (χ1n) is 8.70. The molecule has 0 aliphatic carbocycles. The maximum Gasteiger partial charge on any atom is 0.243 e. The lowest BCUT2D eigenvalue weighted by atomic mass is 10.3. The zero-order valence-electron chi connectivity index (χ0n) is 14.5. The second-order valence-corrected chi connectivity index (χ2v) is 9.22. The summed E-state index contributed by atoms with van der Waals surface area (Å²) in [5.41, 5.74) is 0. The van der Waals surface area contributed by atoms with E-state index in [-0.39, 0.29) is 17.5 Å². The zero-order chi connectivity index (χ0) is 18.9. The van der Waals surface area contributed by atoms with Crippen molar-refractivity contribution in [3.63, 3.8) is 0 Å². The van der Waals surface area contributed by atoms with Crippen molar-refractivity contribution >= 4 is 26.0 Å². The Morgan fingerprint density at radius 1 is 1.15 bits per heavy atom. The molecule has 144 valence electrons. The van der Waals surface area contributed by atoms with E-state index in [9.17, 15) is 8.42 Å². The van der Waals surface area contributed by atoms with Crippen LogP contribution in [0.5, 0.6) is 17.4 Å². The van der Waals surface area contributed by atoms with Gasteiger partial charge in [-0.15, -0.1) is 0 Å². The third kappa shape index (κ3) is 4.04. The Bertz CT molecular complexity index is 920. The number of hydrogen-bond acceptors (Lipinski definition) is 6. The molecule has 27 heavy (non-hydrogen) atoms. The van der Waals surface area contributed by atoms with Crippen LogP contribution in [0.2, 0.25) is 0 Å². The number of fused-ring (bicyclic) bond motifs is 1. The number of hydrogen-bond donors (Lipinski definition) is 0. The summed E-state index contributed by atoms with van der Waals surface area (Å²) in [6.07, 6.45) is 2.80. The number of benzene rings is 1. The SMILES string of the molecule is O=S(=O)(c1ccc2c(c1)OCCCO2)N1CCC(Oc2ccc(Br)cn2)C1. The molecule has 4 rings (SSSR count). The molecule has 0 bridgehead atoms. The summed E-state index contributed by atoms with van der Waals surface area (Å²) in [4.78, 5) is 4.38. The molecule has 1 aromatic heterocycles. The molecule has 0 spiro atoms. The predicted octanol–water partition coefficient (Wildman–Crippen LogP) is 2.85. The summed E-state index contributed by atoms with van der Waals surface area (Å²) in [6, 6.07) is 8.35. The van der Waals surface area contributed by atoms with Crippen molar-refractivity contribution in [3.8, 4) is 17.4 Å².